The molecule has 0 N–H and O–H groups in total. The molecule has 2 aromatic rings. The van der Waals surface area contributed by atoms with E-state index in [0.717, 1.165) is 42.9 Å². The summed E-state index contributed by atoms with van der Waals surface area (Å²) in [5.74, 6) is 0.352. The predicted molar refractivity (Wildman–Crippen MR) is 103 cm³/mol. The smallest absolute Gasteiger partial charge is 0.359 e. The lowest BCUT2D eigenvalue weighted by molar-refractivity contribution is 0.0517. The number of nitrogens with zero attached hydrogens (tertiary/aromatic N) is 5. The van der Waals surface area contributed by atoms with Gasteiger partial charge in [0, 0.05) is 51.1 Å². The summed E-state index contributed by atoms with van der Waals surface area (Å²) in [6.07, 6.45) is 4.64. The molecule has 0 radical (unpaired) electrons. The van der Waals surface area contributed by atoms with Crippen molar-refractivity contribution in [3.05, 3.63) is 40.8 Å². The molecule has 2 aliphatic rings. The van der Waals surface area contributed by atoms with Crippen molar-refractivity contribution in [2.24, 2.45) is 0 Å². The zero-order valence-electron chi connectivity index (χ0n) is 16.5. The zero-order valence-corrected chi connectivity index (χ0v) is 16.5. The molecular weight excluding hydrogens is 358 g/mol. The number of anilines is 1. The van der Waals surface area contributed by atoms with Gasteiger partial charge in [-0.15, -0.1) is 0 Å². The van der Waals surface area contributed by atoms with Gasteiger partial charge < -0.3 is 14.5 Å². The molecule has 4 rings (SSSR count). The van der Waals surface area contributed by atoms with Crippen LogP contribution in [0.5, 0.6) is 0 Å². The van der Waals surface area contributed by atoms with Crippen LogP contribution >= 0.6 is 0 Å². The molecule has 1 saturated carbocycles. The van der Waals surface area contributed by atoms with E-state index in [4.69, 9.17) is 4.74 Å². The van der Waals surface area contributed by atoms with Gasteiger partial charge in [0.2, 0.25) is 0 Å². The van der Waals surface area contributed by atoms with Crippen molar-refractivity contribution in [1.82, 2.24) is 19.7 Å². The molecule has 28 heavy (non-hydrogen) atoms. The second-order valence-electron chi connectivity index (χ2n) is 7.45. The first-order valence-corrected chi connectivity index (χ1v) is 9.69. The molecule has 0 bridgehead atoms. The largest absolute Gasteiger partial charge is 0.461 e. The molecule has 1 aliphatic heterocycles. The van der Waals surface area contributed by atoms with Crippen LogP contribution in [0.25, 0.3) is 0 Å². The van der Waals surface area contributed by atoms with Gasteiger partial charge >= 0.3 is 5.97 Å². The molecule has 8 heteroatoms. The van der Waals surface area contributed by atoms with Gasteiger partial charge in [-0.25, -0.2) is 9.78 Å². The molecule has 0 aromatic carbocycles. The molecule has 0 saturated heterocycles. The van der Waals surface area contributed by atoms with E-state index in [1.165, 1.54) is 4.90 Å². The van der Waals surface area contributed by atoms with E-state index in [1.807, 2.05) is 10.7 Å². The van der Waals surface area contributed by atoms with Gasteiger partial charge in [0.25, 0.3) is 5.91 Å². The molecule has 8 nitrogen and oxygen atoms in total. The number of pyridine rings is 1. The lowest BCUT2D eigenvalue weighted by atomic mass is 10.0. The topological polar surface area (TPSA) is 80.6 Å². The van der Waals surface area contributed by atoms with Crippen LogP contribution < -0.4 is 4.90 Å². The fraction of sp³-hybridized carbons (Fsp3) is 0.500. The summed E-state index contributed by atoms with van der Waals surface area (Å²) in [5, 5.41) is 4.60. The Balaban J connectivity index is 1.60. The van der Waals surface area contributed by atoms with Gasteiger partial charge in [-0.05, 0) is 31.9 Å². The summed E-state index contributed by atoms with van der Waals surface area (Å²) in [4.78, 5) is 32.6. The molecular formula is C20H25N5O3. The molecule has 1 aliphatic carbocycles. The highest BCUT2D eigenvalue weighted by atomic mass is 16.5. The third-order valence-electron chi connectivity index (χ3n) is 5.17. The SMILES string of the molecule is CCOC(=O)c1nn(C2CC2)c2c1CN(c1ccc(C(=O)N(C)C)cn1)CC2. The minimum atomic E-state index is -0.361. The number of amides is 1. The van der Waals surface area contributed by atoms with Crippen LogP contribution in [-0.2, 0) is 17.7 Å². The lowest BCUT2D eigenvalue weighted by Gasteiger charge is -2.29. The lowest BCUT2D eigenvalue weighted by Crippen LogP contribution is -2.32. The highest BCUT2D eigenvalue weighted by Crippen LogP contribution is 2.38. The Kier molecular flexibility index (Phi) is 4.78. The van der Waals surface area contributed by atoms with E-state index >= 15 is 0 Å². The number of rotatable bonds is 5. The fourth-order valence-electron chi connectivity index (χ4n) is 3.58. The second-order valence-corrected chi connectivity index (χ2v) is 7.45. The molecule has 148 valence electrons. The average Bonchev–Trinajstić information content (AvgIpc) is 3.47. The van der Waals surface area contributed by atoms with E-state index < -0.39 is 0 Å². The first-order chi connectivity index (χ1) is 13.5. The maximum Gasteiger partial charge on any atom is 0.359 e. The minimum absolute atomic E-state index is 0.0738. The van der Waals surface area contributed by atoms with Crippen LogP contribution in [-0.4, -0.2) is 58.8 Å². The van der Waals surface area contributed by atoms with Crippen molar-refractivity contribution in [1.29, 1.82) is 0 Å². The highest BCUT2D eigenvalue weighted by molar-refractivity contribution is 5.93. The van der Waals surface area contributed by atoms with Gasteiger partial charge in [-0.2, -0.15) is 5.10 Å². The second kappa shape index (κ2) is 7.26. The van der Waals surface area contributed by atoms with Crippen LogP contribution in [0.4, 0.5) is 5.82 Å². The maximum atomic E-state index is 12.4. The summed E-state index contributed by atoms with van der Waals surface area (Å²) >= 11 is 0. The molecule has 2 aromatic heterocycles. The molecule has 0 unspecified atom stereocenters. The predicted octanol–water partition coefficient (Wildman–Crippen LogP) is 2.05. The molecule has 3 heterocycles. The van der Waals surface area contributed by atoms with Crippen LogP contribution in [0.1, 0.15) is 57.9 Å². The number of carbonyl (C=O) groups excluding carboxylic acids is 2. The van der Waals surface area contributed by atoms with Crippen LogP contribution in [0.15, 0.2) is 18.3 Å². The van der Waals surface area contributed by atoms with Crippen LogP contribution in [0.2, 0.25) is 0 Å². The van der Waals surface area contributed by atoms with E-state index in [1.54, 1.807) is 33.3 Å². The number of fused-ring (bicyclic) bond motifs is 1. The normalized spacial score (nSPS) is 15.9. The third-order valence-corrected chi connectivity index (χ3v) is 5.17. The summed E-state index contributed by atoms with van der Waals surface area (Å²) in [6, 6.07) is 4.06. The number of carbonyl (C=O) groups is 2. The van der Waals surface area contributed by atoms with Gasteiger partial charge in [-0.1, -0.05) is 0 Å². The first-order valence-electron chi connectivity index (χ1n) is 9.69. The number of esters is 1. The maximum absolute atomic E-state index is 12.4. The highest BCUT2D eigenvalue weighted by Gasteiger charge is 2.35. The Morgan fingerprint density at radius 2 is 2.07 bits per heavy atom. The van der Waals surface area contributed by atoms with Crippen molar-refractivity contribution >= 4 is 17.7 Å². The third kappa shape index (κ3) is 3.34. The molecule has 1 amide bonds. The van der Waals surface area contributed by atoms with Gasteiger partial charge in [0.05, 0.1) is 18.2 Å². The summed E-state index contributed by atoms with van der Waals surface area (Å²) in [7, 11) is 3.44. The summed E-state index contributed by atoms with van der Waals surface area (Å²) < 4.78 is 7.25. The number of hydrogen-bond acceptors (Lipinski definition) is 6. The van der Waals surface area contributed by atoms with Gasteiger partial charge in [0.1, 0.15) is 5.82 Å². The molecule has 0 atom stereocenters. The van der Waals surface area contributed by atoms with Crippen molar-refractivity contribution < 1.29 is 14.3 Å². The number of aromatic nitrogens is 3. The van der Waals surface area contributed by atoms with E-state index in [2.05, 4.69) is 15.0 Å². The van der Waals surface area contributed by atoms with Crippen LogP contribution in [0, 0.1) is 0 Å². The minimum Gasteiger partial charge on any atom is -0.461 e. The first kappa shape index (κ1) is 18.5. The average molecular weight is 383 g/mol. The Morgan fingerprint density at radius 1 is 1.29 bits per heavy atom. The Morgan fingerprint density at radius 3 is 2.68 bits per heavy atom. The Bertz CT molecular complexity index is 899. The van der Waals surface area contributed by atoms with Crippen molar-refractivity contribution in [2.75, 3.05) is 32.1 Å². The van der Waals surface area contributed by atoms with E-state index in [9.17, 15) is 9.59 Å². The van der Waals surface area contributed by atoms with Crippen molar-refractivity contribution in [3.63, 3.8) is 0 Å². The monoisotopic (exact) mass is 383 g/mol. The van der Waals surface area contributed by atoms with Crippen molar-refractivity contribution in [2.45, 2.75) is 38.8 Å². The molecule has 0 spiro atoms. The summed E-state index contributed by atoms with van der Waals surface area (Å²) in [5.41, 5.74) is 3.06. The number of hydrogen-bond donors (Lipinski definition) is 0. The zero-order chi connectivity index (χ0) is 19.8. The van der Waals surface area contributed by atoms with Crippen molar-refractivity contribution in [3.8, 4) is 0 Å². The van der Waals surface area contributed by atoms with Gasteiger partial charge in [0.15, 0.2) is 5.69 Å². The van der Waals surface area contributed by atoms with Gasteiger partial charge in [-0.3, -0.25) is 9.48 Å². The van der Waals surface area contributed by atoms with Crippen LogP contribution in [0.3, 0.4) is 0 Å². The van der Waals surface area contributed by atoms with E-state index in [-0.39, 0.29) is 11.9 Å². The fourth-order valence-corrected chi connectivity index (χ4v) is 3.58. The standard InChI is InChI=1S/C20H25N5O3/c1-4-28-20(27)18-15-12-24(10-9-16(15)25(22-18)14-6-7-14)17-8-5-13(11-21-17)19(26)23(2)3/h5,8,11,14H,4,6-7,9-10,12H2,1-3H3. The number of ether oxygens (including phenoxy) is 1. The Hall–Kier alpha value is -2.90. The van der Waals surface area contributed by atoms with E-state index in [0.29, 0.717) is 30.5 Å². The quantitative estimate of drug-likeness (QED) is 0.735. The summed E-state index contributed by atoms with van der Waals surface area (Å²) in [6.45, 7) is 3.48. The Labute approximate surface area is 164 Å². The molecule has 1 fully saturated rings.